The van der Waals surface area contributed by atoms with E-state index >= 15 is 0 Å². The number of carbonyl (C=O) groups excluding carboxylic acids is 1. The van der Waals surface area contributed by atoms with Gasteiger partial charge < -0.3 is 20.3 Å². The van der Waals surface area contributed by atoms with E-state index in [1.807, 2.05) is 35.1 Å². The molecule has 0 bridgehead atoms. The lowest BCUT2D eigenvalue weighted by Crippen LogP contribution is -2.32. The average molecular weight is 386 g/mol. The van der Waals surface area contributed by atoms with Crippen molar-refractivity contribution in [2.24, 2.45) is 0 Å². The first-order chi connectivity index (χ1) is 13.7. The van der Waals surface area contributed by atoms with Crippen LogP contribution in [0.3, 0.4) is 0 Å². The number of rotatable bonds is 9. The average Bonchev–Trinajstić information content (AvgIpc) is 3.24. The minimum atomic E-state index is -0.197. The third kappa shape index (κ3) is 5.56. The molecule has 0 saturated carbocycles. The van der Waals surface area contributed by atoms with E-state index in [0.717, 1.165) is 57.0 Å². The van der Waals surface area contributed by atoms with Crippen molar-refractivity contribution in [2.75, 3.05) is 44.6 Å². The molecule has 1 aromatic carbocycles. The normalized spacial score (nSPS) is 16.9. The maximum Gasteiger partial charge on any atom is 0.276 e. The summed E-state index contributed by atoms with van der Waals surface area (Å²) < 4.78 is 7.68. The van der Waals surface area contributed by atoms with Crippen LogP contribution in [0.25, 0.3) is 0 Å². The summed E-state index contributed by atoms with van der Waals surface area (Å²) in [5.41, 5.74) is 1.17. The Morgan fingerprint density at radius 2 is 2.07 bits per heavy atom. The second-order valence-corrected chi connectivity index (χ2v) is 7.04. The Labute approximate surface area is 167 Å². The van der Waals surface area contributed by atoms with Crippen molar-refractivity contribution in [1.82, 2.24) is 20.0 Å². The largest absolute Gasteiger partial charge is 0.492 e. The number of nitrogens with zero attached hydrogens (tertiary/aromatic N) is 3. The minimum absolute atomic E-state index is 0.197. The molecule has 1 unspecified atom stereocenters. The van der Waals surface area contributed by atoms with Crippen LogP contribution in [0, 0.1) is 0 Å². The van der Waals surface area contributed by atoms with Gasteiger partial charge in [0.2, 0.25) is 0 Å². The fourth-order valence-corrected chi connectivity index (χ4v) is 3.38. The Kier molecular flexibility index (Phi) is 7.45. The van der Waals surface area contributed by atoms with Crippen molar-refractivity contribution in [3.05, 3.63) is 42.2 Å². The SMILES string of the molecule is CCN(CC)CCOc1ccc(NC(=O)c2ccn(C3CCCNC3)n2)cc1. The van der Waals surface area contributed by atoms with Gasteiger partial charge in [-0.2, -0.15) is 5.10 Å². The molecule has 2 N–H and O–H groups in total. The van der Waals surface area contributed by atoms with Gasteiger partial charge in [-0.15, -0.1) is 0 Å². The molecule has 2 heterocycles. The van der Waals surface area contributed by atoms with Gasteiger partial charge in [0.05, 0.1) is 6.04 Å². The number of anilines is 1. The monoisotopic (exact) mass is 385 g/mol. The van der Waals surface area contributed by atoms with Crippen LogP contribution in [-0.2, 0) is 0 Å². The molecule has 0 radical (unpaired) electrons. The molecule has 1 aromatic heterocycles. The van der Waals surface area contributed by atoms with Gasteiger partial charge in [-0.05, 0) is 62.8 Å². The summed E-state index contributed by atoms with van der Waals surface area (Å²) in [6.07, 6.45) is 4.11. The van der Waals surface area contributed by atoms with Gasteiger partial charge in [0, 0.05) is 25.0 Å². The lowest BCUT2D eigenvalue weighted by Gasteiger charge is -2.22. The van der Waals surface area contributed by atoms with Crippen LogP contribution in [0.4, 0.5) is 5.69 Å². The van der Waals surface area contributed by atoms with Crippen molar-refractivity contribution in [2.45, 2.75) is 32.7 Å². The van der Waals surface area contributed by atoms with Crippen LogP contribution in [0.1, 0.15) is 43.2 Å². The number of benzene rings is 1. The van der Waals surface area contributed by atoms with E-state index in [0.29, 0.717) is 18.3 Å². The van der Waals surface area contributed by atoms with Gasteiger partial charge in [0.25, 0.3) is 5.91 Å². The number of nitrogens with one attached hydrogen (secondary N) is 2. The summed E-state index contributed by atoms with van der Waals surface area (Å²) in [6, 6.07) is 9.56. The zero-order chi connectivity index (χ0) is 19.8. The maximum atomic E-state index is 12.5. The van der Waals surface area contributed by atoms with E-state index in [1.54, 1.807) is 6.07 Å². The van der Waals surface area contributed by atoms with E-state index in [4.69, 9.17) is 4.74 Å². The van der Waals surface area contributed by atoms with Crippen LogP contribution < -0.4 is 15.4 Å². The molecule has 1 amide bonds. The third-order valence-corrected chi connectivity index (χ3v) is 5.17. The van der Waals surface area contributed by atoms with Crippen LogP contribution in [0.5, 0.6) is 5.75 Å². The summed E-state index contributed by atoms with van der Waals surface area (Å²) in [5.74, 6) is 0.608. The number of amides is 1. The zero-order valence-electron chi connectivity index (χ0n) is 16.9. The first-order valence-corrected chi connectivity index (χ1v) is 10.2. The Hall–Kier alpha value is -2.38. The van der Waals surface area contributed by atoms with Gasteiger partial charge in [-0.25, -0.2) is 0 Å². The molecule has 1 aliphatic rings. The molecular formula is C21H31N5O2. The fraction of sp³-hybridized carbons (Fsp3) is 0.524. The number of aromatic nitrogens is 2. The molecule has 3 rings (SSSR count). The van der Waals surface area contributed by atoms with Crippen LogP contribution in [0.2, 0.25) is 0 Å². The second-order valence-electron chi connectivity index (χ2n) is 7.04. The predicted molar refractivity (Wildman–Crippen MR) is 111 cm³/mol. The van der Waals surface area contributed by atoms with E-state index in [9.17, 15) is 4.79 Å². The number of likely N-dealkylation sites (N-methyl/N-ethyl adjacent to an activating group) is 1. The Morgan fingerprint density at radius 3 is 2.75 bits per heavy atom. The molecule has 7 heteroatoms. The topological polar surface area (TPSA) is 71.4 Å². The van der Waals surface area contributed by atoms with Crippen LogP contribution in [0.15, 0.2) is 36.5 Å². The van der Waals surface area contributed by atoms with E-state index in [2.05, 4.69) is 34.5 Å². The molecule has 2 aromatic rings. The molecule has 0 aliphatic carbocycles. The number of hydrogen-bond donors (Lipinski definition) is 2. The van der Waals surface area contributed by atoms with Crippen molar-refractivity contribution in [1.29, 1.82) is 0 Å². The summed E-state index contributed by atoms with van der Waals surface area (Å²) >= 11 is 0. The smallest absolute Gasteiger partial charge is 0.276 e. The molecule has 1 aliphatic heterocycles. The van der Waals surface area contributed by atoms with Crippen molar-refractivity contribution in [3.8, 4) is 5.75 Å². The number of carbonyl (C=O) groups is 1. The zero-order valence-corrected chi connectivity index (χ0v) is 16.9. The molecule has 0 spiro atoms. The number of hydrogen-bond acceptors (Lipinski definition) is 5. The highest BCUT2D eigenvalue weighted by Crippen LogP contribution is 2.18. The van der Waals surface area contributed by atoms with Gasteiger partial charge in [-0.3, -0.25) is 9.48 Å². The quantitative estimate of drug-likeness (QED) is 0.695. The molecular weight excluding hydrogens is 354 g/mol. The molecule has 1 atom stereocenters. The molecule has 7 nitrogen and oxygen atoms in total. The third-order valence-electron chi connectivity index (χ3n) is 5.17. The van der Waals surface area contributed by atoms with Crippen molar-refractivity contribution >= 4 is 11.6 Å². The van der Waals surface area contributed by atoms with Crippen molar-refractivity contribution in [3.63, 3.8) is 0 Å². The summed E-state index contributed by atoms with van der Waals surface area (Å²) in [7, 11) is 0. The highest BCUT2D eigenvalue weighted by Gasteiger charge is 2.17. The predicted octanol–water partition coefficient (Wildman–Crippen LogP) is 2.78. The number of piperidine rings is 1. The molecule has 1 saturated heterocycles. The Morgan fingerprint density at radius 1 is 1.29 bits per heavy atom. The molecule has 152 valence electrons. The Bertz CT molecular complexity index is 734. The van der Waals surface area contributed by atoms with Gasteiger partial charge in [0.15, 0.2) is 5.69 Å². The van der Waals surface area contributed by atoms with E-state index < -0.39 is 0 Å². The standard InChI is InChI=1S/C21H31N5O2/c1-3-25(4-2)14-15-28-19-9-7-17(8-10-19)23-21(27)20-11-13-26(24-20)18-6-5-12-22-16-18/h7-11,13,18,22H,3-6,12,14-16H2,1-2H3,(H,23,27). The molecule has 28 heavy (non-hydrogen) atoms. The molecule has 1 fully saturated rings. The first kappa shape index (κ1) is 20.4. The summed E-state index contributed by atoms with van der Waals surface area (Å²) in [4.78, 5) is 14.8. The van der Waals surface area contributed by atoms with Gasteiger partial charge in [-0.1, -0.05) is 13.8 Å². The van der Waals surface area contributed by atoms with Crippen LogP contribution >= 0.6 is 0 Å². The Balaban J connectivity index is 1.49. The summed E-state index contributed by atoms with van der Waals surface area (Å²) in [5, 5.41) is 10.7. The lowest BCUT2D eigenvalue weighted by atomic mass is 10.1. The van der Waals surface area contributed by atoms with Crippen molar-refractivity contribution < 1.29 is 9.53 Å². The van der Waals surface area contributed by atoms with Gasteiger partial charge >= 0.3 is 0 Å². The highest BCUT2D eigenvalue weighted by molar-refractivity contribution is 6.02. The van der Waals surface area contributed by atoms with E-state index in [1.165, 1.54) is 0 Å². The lowest BCUT2D eigenvalue weighted by molar-refractivity contribution is 0.102. The maximum absolute atomic E-state index is 12.5. The first-order valence-electron chi connectivity index (χ1n) is 10.2. The van der Waals surface area contributed by atoms with E-state index in [-0.39, 0.29) is 5.91 Å². The second kappa shape index (κ2) is 10.2. The highest BCUT2D eigenvalue weighted by atomic mass is 16.5. The van der Waals surface area contributed by atoms with Crippen LogP contribution in [-0.4, -0.2) is 59.9 Å². The summed E-state index contributed by atoms with van der Waals surface area (Å²) in [6.45, 7) is 9.87. The number of ether oxygens (including phenoxy) is 1. The fourth-order valence-electron chi connectivity index (χ4n) is 3.38. The minimum Gasteiger partial charge on any atom is -0.492 e. The van der Waals surface area contributed by atoms with Gasteiger partial charge in [0.1, 0.15) is 12.4 Å².